The van der Waals surface area contributed by atoms with E-state index in [0.717, 1.165) is 11.8 Å². The van der Waals surface area contributed by atoms with Gasteiger partial charge in [0.1, 0.15) is 5.75 Å². The monoisotopic (exact) mass is 238 g/mol. The molecular formula is C8H9F3N2OS. The van der Waals surface area contributed by atoms with Gasteiger partial charge in [0.05, 0.1) is 5.69 Å². The molecule has 0 radical (unpaired) electrons. The van der Waals surface area contributed by atoms with Crippen molar-refractivity contribution in [2.24, 2.45) is 5.84 Å². The van der Waals surface area contributed by atoms with Gasteiger partial charge in [0.25, 0.3) is 0 Å². The Morgan fingerprint density at radius 3 is 2.53 bits per heavy atom. The highest BCUT2D eigenvalue weighted by Crippen LogP contribution is 2.34. The predicted molar refractivity (Wildman–Crippen MR) is 52.7 cm³/mol. The van der Waals surface area contributed by atoms with Crippen LogP contribution in [0.5, 0.6) is 5.75 Å². The first-order valence-electron chi connectivity index (χ1n) is 3.86. The van der Waals surface area contributed by atoms with E-state index in [9.17, 15) is 13.2 Å². The number of ether oxygens (including phenoxy) is 1. The van der Waals surface area contributed by atoms with Crippen molar-refractivity contribution in [1.29, 1.82) is 0 Å². The molecule has 1 aromatic carbocycles. The van der Waals surface area contributed by atoms with Crippen molar-refractivity contribution in [3.8, 4) is 5.75 Å². The summed E-state index contributed by atoms with van der Waals surface area (Å²) in [7, 11) is 0. The van der Waals surface area contributed by atoms with Crippen molar-refractivity contribution >= 4 is 17.4 Å². The van der Waals surface area contributed by atoms with E-state index in [4.69, 9.17) is 5.84 Å². The number of alkyl halides is 3. The molecule has 0 saturated heterocycles. The number of rotatable bonds is 3. The van der Waals surface area contributed by atoms with Crippen LogP contribution >= 0.6 is 11.8 Å². The van der Waals surface area contributed by atoms with Crippen LogP contribution in [0.3, 0.4) is 0 Å². The quantitative estimate of drug-likeness (QED) is 0.482. The summed E-state index contributed by atoms with van der Waals surface area (Å²) in [6.45, 7) is 0. The van der Waals surface area contributed by atoms with Crippen LogP contribution in [0.1, 0.15) is 0 Å². The Hall–Kier alpha value is -1.08. The lowest BCUT2D eigenvalue weighted by Crippen LogP contribution is -2.18. The Morgan fingerprint density at radius 1 is 1.40 bits per heavy atom. The summed E-state index contributed by atoms with van der Waals surface area (Å²) < 4.78 is 39.9. The molecule has 0 fully saturated rings. The maximum Gasteiger partial charge on any atom is 0.573 e. The van der Waals surface area contributed by atoms with Gasteiger partial charge in [-0.2, -0.15) is 0 Å². The van der Waals surface area contributed by atoms with Crippen molar-refractivity contribution in [2.45, 2.75) is 11.3 Å². The van der Waals surface area contributed by atoms with Gasteiger partial charge in [-0.25, -0.2) is 0 Å². The zero-order chi connectivity index (χ0) is 11.5. The molecule has 0 aliphatic carbocycles. The third kappa shape index (κ3) is 3.52. The van der Waals surface area contributed by atoms with Crippen LogP contribution in [0.2, 0.25) is 0 Å². The van der Waals surface area contributed by atoms with Crippen molar-refractivity contribution in [3.05, 3.63) is 18.2 Å². The first kappa shape index (κ1) is 12.0. The van der Waals surface area contributed by atoms with E-state index in [1.807, 2.05) is 0 Å². The number of hydrogen-bond donors (Lipinski definition) is 2. The topological polar surface area (TPSA) is 47.3 Å². The first-order valence-corrected chi connectivity index (χ1v) is 5.09. The van der Waals surface area contributed by atoms with E-state index < -0.39 is 6.36 Å². The second-order valence-corrected chi connectivity index (χ2v) is 3.41. The van der Waals surface area contributed by atoms with Crippen molar-refractivity contribution in [2.75, 3.05) is 11.7 Å². The molecule has 0 unspecified atom stereocenters. The highest BCUT2D eigenvalue weighted by atomic mass is 32.2. The van der Waals surface area contributed by atoms with Crippen molar-refractivity contribution in [3.63, 3.8) is 0 Å². The number of hydrazine groups is 1. The molecular weight excluding hydrogens is 229 g/mol. The predicted octanol–water partition coefficient (Wildman–Crippen LogP) is 2.59. The van der Waals surface area contributed by atoms with E-state index in [0.29, 0.717) is 10.6 Å². The molecule has 84 valence electrons. The zero-order valence-corrected chi connectivity index (χ0v) is 8.58. The lowest BCUT2D eigenvalue weighted by atomic mass is 10.3. The summed E-state index contributed by atoms with van der Waals surface area (Å²) in [5, 5.41) is 0. The van der Waals surface area contributed by atoms with Crippen LogP contribution in [0, 0.1) is 0 Å². The van der Waals surface area contributed by atoms with Gasteiger partial charge in [0.2, 0.25) is 0 Å². The summed E-state index contributed by atoms with van der Waals surface area (Å²) in [4.78, 5) is 0.395. The molecule has 3 N–H and O–H groups in total. The molecule has 0 spiro atoms. The number of nitrogens with one attached hydrogen (secondary N) is 1. The average molecular weight is 238 g/mol. The highest BCUT2D eigenvalue weighted by Gasteiger charge is 2.32. The van der Waals surface area contributed by atoms with Gasteiger partial charge in [0, 0.05) is 11.0 Å². The van der Waals surface area contributed by atoms with Crippen LogP contribution in [-0.4, -0.2) is 12.6 Å². The van der Waals surface area contributed by atoms with E-state index in [1.165, 1.54) is 12.1 Å². The van der Waals surface area contributed by atoms with Crippen LogP contribution in [0.25, 0.3) is 0 Å². The first-order chi connectivity index (χ1) is 6.96. The van der Waals surface area contributed by atoms with Gasteiger partial charge in [0.15, 0.2) is 0 Å². The Labute approximate surface area is 88.8 Å². The van der Waals surface area contributed by atoms with Crippen LogP contribution < -0.4 is 16.0 Å². The summed E-state index contributed by atoms with van der Waals surface area (Å²) in [5.41, 5.74) is 2.60. The number of benzene rings is 1. The molecule has 0 aromatic heterocycles. The van der Waals surface area contributed by atoms with Gasteiger partial charge in [-0.05, 0) is 18.4 Å². The standard InChI is InChI=1S/C8H9F3N2OS/c1-15-7-3-2-5(13-12)4-6(7)14-8(9,10)11/h2-4,13H,12H2,1H3. The number of hydrogen-bond acceptors (Lipinski definition) is 4. The lowest BCUT2D eigenvalue weighted by Gasteiger charge is -2.13. The number of thioether (sulfide) groups is 1. The third-order valence-corrected chi connectivity index (χ3v) is 2.33. The number of nitrogen functional groups attached to an aromatic ring is 1. The maximum atomic E-state index is 12.0. The Balaban J connectivity index is 3.01. The van der Waals surface area contributed by atoms with Gasteiger partial charge in [-0.1, -0.05) is 0 Å². The number of anilines is 1. The van der Waals surface area contributed by atoms with Crippen LogP contribution in [-0.2, 0) is 0 Å². The van der Waals surface area contributed by atoms with Gasteiger partial charge in [-0.3, -0.25) is 5.84 Å². The Morgan fingerprint density at radius 2 is 2.07 bits per heavy atom. The fourth-order valence-electron chi connectivity index (χ4n) is 0.971. The average Bonchev–Trinajstić information content (AvgIpc) is 2.15. The van der Waals surface area contributed by atoms with E-state index >= 15 is 0 Å². The molecule has 0 saturated carbocycles. The van der Waals surface area contributed by atoms with E-state index in [1.54, 1.807) is 12.3 Å². The summed E-state index contributed by atoms with van der Waals surface area (Å²) >= 11 is 1.16. The molecule has 0 aliphatic heterocycles. The minimum atomic E-state index is -4.70. The summed E-state index contributed by atoms with van der Waals surface area (Å²) in [6.07, 6.45) is -3.04. The summed E-state index contributed by atoms with van der Waals surface area (Å²) in [5.74, 6) is 4.82. The third-order valence-electron chi connectivity index (χ3n) is 1.56. The normalized spacial score (nSPS) is 11.3. The van der Waals surface area contributed by atoms with Crippen LogP contribution in [0.15, 0.2) is 23.1 Å². The summed E-state index contributed by atoms with van der Waals surface area (Å²) in [6, 6.07) is 4.26. The smallest absolute Gasteiger partial charge is 0.405 e. The Bertz CT molecular complexity index is 343. The van der Waals surface area contributed by atoms with Gasteiger partial charge in [-0.15, -0.1) is 24.9 Å². The van der Waals surface area contributed by atoms with Crippen molar-refractivity contribution < 1.29 is 17.9 Å². The molecule has 0 amide bonds. The SMILES string of the molecule is CSc1ccc(NN)cc1OC(F)(F)F. The second kappa shape index (κ2) is 4.63. The molecule has 0 heterocycles. The lowest BCUT2D eigenvalue weighted by molar-refractivity contribution is -0.275. The molecule has 0 bridgehead atoms. The molecule has 1 rings (SSSR count). The fraction of sp³-hybridized carbons (Fsp3) is 0.250. The number of halogens is 3. The van der Waals surface area contributed by atoms with E-state index in [-0.39, 0.29) is 5.75 Å². The fourth-order valence-corrected chi connectivity index (χ4v) is 1.48. The second-order valence-electron chi connectivity index (χ2n) is 2.56. The molecule has 0 aliphatic rings. The van der Waals surface area contributed by atoms with Gasteiger partial charge < -0.3 is 10.2 Å². The minimum Gasteiger partial charge on any atom is -0.405 e. The van der Waals surface area contributed by atoms with Crippen LogP contribution in [0.4, 0.5) is 18.9 Å². The Kier molecular flexibility index (Phi) is 3.70. The van der Waals surface area contributed by atoms with Gasteiger partial charge >= 0.3 is 6.36 Å². The molecule has 15 heavy (non-hydrogen) atoms. The molecule has 3 nitrogen and oxygen atoms in total. The molecule has 0 atom stereocenters. The minimum absolute atomic E-state index is 0.259. The number of nitrogens with two attached hydrogens (primary N) is 1. The van der Waals surface area contributed by atoms with E-state index in [2.05, 4.69) is 10.2 Å². The zero-order valence-electron chi connectivity index (χ0n) is 7.76. The van der Waals surface area contributed by atoms with Crippen molar-refractivity contribution in [1.82, 2.24) is 0 Å². The molecule has 7 heteroatoms. The highest BCUT2D eigenvalue weighted by molar-refractivity contribution is 7.98. The maximum absolute atomic E-state index is 12.0. The largest absolute Gasteiger partial charge is 0.573 e. The molecule has 1 aromatic rings.